The number of carbonyl (C=O) groups excluding carboxylic acids is 1. The van der Waals surface area contributed by atoms with Crippen molar-refractivity contribution in [1.82, 2.24) is 19.4 Å². The van der Waals surface area contributed by atoms with Crippen LogP contribution >= 0.6 is 0 Å². The predicted molar refractivity (Wildman–Crippen MR) is 133 cm³/mol. The second-order valence-electron chi connectivity index (χ2n) is 8.38. The van der Waals surface area contributed by atoms with Crippen LogP contribution in [-0.4, -0.2) is 48.0 Å². The molecule has 178 valence electrons. The van der Waals surface area contributed by atoms with Crippen LogP contribution in [0.3, 0.4) is 0 Å². The molecule has 3 aromatic rings. The van der Waals surface area contributed by atoms with E-state index in [1.807, 2.05) is 36.5 Å². The molecule has 2 heterocycles. The molecule has 2 aromatic carbocycles. The van der Waals surface area contributed by atoms with E-state index in [1.54, 1.807) is 45.5 Å². The summed E-state index contributed by atoms with van der Waals surface area (Å²) in [5.74, 6) is -0.186. The Bertz CT molecular complexity index is 1190. The summed E-state index contributed by atoms with van der Waals surface area (Å²) in [4.78, 5) is 12.5. The van der Waals surface area contributed by atoms with E-state index < -0.39 is 10.0 Å². The summed E-state index contributed by atoms with van der Waals surface area (Å²) in [5, 5.41) is 7.09. The van der Waals surface area contributed by atoms with Crippen LogP contribution in [0.25, 0.3) is 11.8 Å². The van der Waals surface area contributed by atoms with Crippen LogP contribution in [0.4, 0.5) is 0 Å². The first kappa shape index (κ1) is 23.9. The summed E-state index contributed by atoms with van der Waals surface area (Å²) < 4.78 is 29.1. The highest BCUT2D eigenvalue weighted by Crippen LogP contribution is 2.21. The van der Waals surface area contributed by atoms with Gasteiger partial charge in [0.05, 0.1) is 10.6 Å². The topological polar surface area (TPSA) is 84.3 Å². The highest BCUT2D eigenvalue weighted by Gasteiger charge is 2.24. The highest BCUT2D eigenvalue weighted by molar-refractivity contribution is 7.89. The van der Waals surface area contributed by atoms with Crippen molar-refractivity contribution in [3.8, 4) is 5.69 Å². The molecule has 1 amide bonds. The zero-order chi connectivity index (χ0) is 23.8. The van der Waals surface area contributed by atoms with Crippen LogP contribution in [0.5, 0.6) is 0 Å². The number of nitrogens with zero attached hydrogens (tertiary/aromatic N) is 3. The molecule has 4 rings (SSSR count). The summed E-state index contributed by atoms with van der Waals surface area (Å²) in [5.41, 5.74) is 2.89. The van der Waals surface area contributed by atoms with Gasteiger partial charge >= 0.3 is 0 Å². The number of benzene rings is 2. The minimum absolute atomic E-state index is 0.186. The lowest BCUT2D eigenvalue weighted by atomic mass is 10.1. The highest BCUT2D eigenvalue weighted by atomic mass is 32.2. The Morgan fingerprint density at radius 3 is 2.32 bits per heavy atom. The first-order valence-electron chi connectivity index (χ1n) is 11.7. The Morgan fingerprint density at radius 1 is 0.971 bits per heavy atom. The molecule has 0 unspecified atom stereocenters. The molecule has 0 atom stereocenters. The minimum atomic E-state index is -3.46. The Hall–Kier alpha value is -3.23. The van der Waals surface area contributed by atoms with E-state index in [0.29, 0.717) is 24.5 Å². The van der Waals surface area contributed by atoms with Crippen molar-refractivity contribution in [3.63, 3.8) is 0 Å². The van der Waals surface area contributed by atoms with Crippen molar-refractivity contribution in [2.24, 2.45) is 0 Å². The molecule has 7 nitrogen and oxygen atoms in total. The van der Waals surface area contributed by atoms with Gasteiger partial charge in [-0.3, -0.25) is 4.79 Å². The summed E-state index contributed by atoms with van der Waals surface area (Å²) in [6, 6.07) is 16.6. The molecule has 1 fully saturated rings. The Labute approximate surface area is 201 Å². The van der Waals surface area contributed by atoms with Gasteiger partial charge in [-0.1, -0.05) is 37.1 Å². The molecule has 1 saturated heterocycles. The van der Waals surface area contributed by atoms with Crippen LogP contribution in [0.15, 0.2) is 78.0 Å². The number of rotatable bonds is 8. The molecule has 0 bridgehead atoms. The van der Waals surface area contributed by atoms with E-state index in [2.05, 4.69) is 10.4 Å². The van der Waals surface area contributed by atoms with Gasteiger partial charge in [-0.2, -0.15) is 9.40 Å². The van der Waals surface area contributed by atoms with E-state index in [-0.39, 0.29) is 5.91 Å². The van der Waals surface area contributed by atoms with Crippen LogP contribution in [0.1, 0.15) is 36.8 Å². The van der Waals surface area contributed by atoms with Crippen molar-refractivity contribution >= 4 is 22.0 Å². The first-order valence-corrected chi connectivity index (χ1v) is 13.1. The molecule has 1 aromatic heterocycles. The van der Waals surface area contributed by atoms with Crippen LogP contribution in [0.2, 0.25) is 0 Å². The average molecular weight is 479 g/mol. The Balaban J connectivity index is 1.26. The molecule has 1 aliphatic heterocycles. The van der Waals surface area contributed by atoms with Crippen molar-refractivity contribution in [3.05, 3.63) is 84.2 Å². The molecule has 34 heavy (non-hydrogen) atoms. The standard InChI is InChI=1S/C26H30N4O3S/c31-26(27-18-16-23-6-11-24(12-7-23)30-21-5-17-28-30)15-10-22-8-13-25(14-9-22)34(32,33)29-19-3-1-2-4-20-29/h5-15,17,21H,1-4,16,18-20H2,(H,27,31)/b15-10+. The third kappa shape index (κ3) is 6.21. The van der Waals surface area contributed by atoms with Gasteiger partial charge in [0, 0.05) is 38.1 Å². The van der Waals surface area contributed by atoms with E-state index in [1.165, 1.54) is 6.08 Å². The summed E-state index contributed by atoms with van der Waals surface area (Å²) in [6.45, 7) is 1.69. The largest absolute Gasteiger partial charge is 0.352 e. The normalized spacial score (nSPS) is 15.3. The number of sulfonamides is 1. The quantitative estimate of drug-likeness (QED) is 0.499. The van der Waals surface area contributed by atoms with Gasteiger partial charge in [-0.15, -0.1) is 0 Å². The minimum Gasteiger partial charge on any atom is -0.352 e. The van der Waals surface area contributed by atoms with Gasteiger partial charge < -0.3 is 5.32 Å². The molecule has 8 heteroatoms. The van der Waals surface area contributed by atoms with E-state index in [0.717, 1.165) is 48.9 Å². The molecular formula is C26H30N4O3S. The average Bonchev–Trinajstić information content (AvgIpc) is 3.25. The lowest BCUT2D eigenvalue weighted by Gasteiger charge is -2.19. The fourth-order valence-electron chi connectivity index (χ4n) is 3.98. The van der Waals surface area contributed by atoms with Gasteiger partial charge in [0.25, 0.3) is 0 Å². The zero-order valence-corrected chi connectivity index (χ0v) is 20.0. The summed E-state index contributed by atoms with van der Waals surface area (Å²) >= 11 is 0. The predicted octanol–water partition coefficient (Wildman–Crippen LogP) is 3.81. The van der Waals surface area contributed by atoms with Gasteiger partial charge in [-0.05, 0) is 66.8 Å². The van der Waals surface area contributed by atoms with E-state index in [9.17, 15) is 13.2 Å². The van der Waals surface area contributed by atoms with Gasteiger partial charge in [0.15, 0.2) is 0 Å². The number of carbonyl (C=O) groups is 1. The number of aromatic nitrogens is 2. The maximum atomic E-state index is 12.9. The molecule has 1 aliphatic rings. The fraction of sp³-hybridized carbons (Fsp3) is 0.308. The van der Waals surface area contributed by atoms with Gasteiger partial charge in [0.1, 0.15) is 0 Å². The maximum Gasteiger partial charge on any atom is 0.244 e. The second kappa shape index (κ2) is 11.3. The number of hydrogen-bond donors (Lipinski definition) is 1. The lowest BCUT2D eigenvalue weighted by Crippen LogP contribution is -2.31. The third-order valence-corrected chi connectivity index (χ3v) is 7.84. The van der Waals surface area contributed by atoms with Gasteiger partial charge in [0.2, 0.25) is 15.9 Å². The Morgan fingerprint density at radius 2 is 1.68 bits per heavy atom. The molecule has 1 N–H and O–H groups in total. The lowest BCUT2D eigenvalue weighted by molar-refractivity contribution is -0.116. The molecule has 0 radical (unpaired) electrons. The molecule has 0 aliphatic carbocycles. The van der Waals surface area contributed by atoms with Gasteiger partial charge in [-0.25, -0.2) is 13.1 Å². The van der Waals surface area contributed by atoms with Crippen LogP contribution < -0.4 is 5.32 Å². The fourth-order valence-corrected chi connectivity index (χ4v) is 5.50. The number of nitrogens with one attached hydrogen (secondary N) is 1. The molecular weight excluding hydrogens is 448 g/mol. The monoisotopic (exact) mass is 478 g/mol. The molecule has 0 spiro atoms. The van der Waals surface area contributed by atoms with Crippen molar-refractivity contribution in [2.45, 2.75) is 37.0 Å². The molecule has 0 saturated carbocycles. The van der Waals surface area contributed by atoms with Crippen molar-refractivity contribution in [1.29, 1.82) is 0 Å². The van der Waals surface area contributed by atoms with E-state index in [4.69, 9.17) is 0 Å². The summed E-state index contributed by atoms with van der Waals surface area (Å²) in [7, 11) is -3.46. The maximum absolute atomic E-state index is 12.9. The van der Waals surface area contributed by atoms with Crippen molar-refractivity contribution in [2.75, 3.05) is 19.6 Å². The second-order valence-corrected chi connectivity index (χ2v) is 10.3. The first-order chi connectivity index (χ1) is 16.5. The smallest absolute Gasteiger partial charge is 0.244 e. The summed E-state index contributed by atoms with van der Waals surface area (Å²) in [6.07, 6.45) is 11.5. The van der Waals surface area contributed by atoms with E-state index >= 15 is 0 Å². The number of amides is 1. The van der Waals surface area contributed by atoms with Crippen LogP contribution in [-0.2, 0) is 21.2 Å². The third-order valence-electron chi connectivity index (χ3n) is 5.93. The Kier molecular flexibility index (Phi) is 7.92. The zero-order valence-electron chi connectivity index (χ0n) is 19.1. The SMILES string of the molecule is O=C(/C=C/c1ccc(S(=O)(=O)N2CCCCCC2)cc1)NCCc1ccc(-n2cccn2)cc1. The van der Waals surface area contributed by atoms with Crippen LogP contribution in [0, 0.1) is 0 Å². The van der Waals surface area contributed by atoms with Crippen molar-refractivity contribution < 1.29 is 13.2 Å². The number of hydrogen-bond acceptors (Lipinski definition) is 4.